The Morgan fingerprint density at radius 1 is 1.06 bits per heavy atom. The van der Waals surface area contributed by atoms with Crippen molar-refractivity contribution in [3.8, 4) is 11.5 Å². The minimum absolute atomic E-state index is 0.0913. The number of hydrogen-bond donors (Lipinski definition) is 0. The first-order valence-corrected chi connectivity index (χ1v) is 12.5. The molecule has 5 rings (SSSR count). The van der Waals surface area contributed by atoms with Gasteiger partial charge in [-0.15, -0.1) is 10.2 Å². The number of thioether (sulfide) groups is 1. The highest BCUT2D eigenvalue weighted by atomic mass is 32.2. The number of benzene rings is 1. The van der Waals surface area contributed by atoms with Crippen molar-refractivity contribution in [2.24, 2.45) is 0 Å². The lowest BCUT2D eigenvalue weighted by molar-refractivity contribution is 0.102. The third-order valence-electron chi connectivity index (χ3n) is 6.29. The summed E-state index contributed by atoms with van der Waals surface area (Å²) < 4.78 is 20.6. The highest BCUT2D eigenvalue weighted by molar-refractivity contribution is 7.99. The molecule has 4 heterocycles. The summed E-state index contributed by atoms with van der Waals surface area (Å²) >= 11 is 1.44. The summed E-state index contributed by atoms with van der Waals surface area (Å²) in [7, 11) is 0. The van der Waals surface area contributed by atoms with Crippen LogP contribution in [0.1, 0.15) is 34.2 Å². The Kier molecular flexibility index (Phi) is 6.51. The normalized spacial score (nSPS) is 15.2. The molecule has 10 heteroatoms. The van der Waals surface area contributed by atoms with Crippen LogP contribution < -0.4 is 14.4 Å². The summed E-state index contributed by atoms with van der Waals surface area (Å²) in [6, 6.07) is 7.95. The minimum atomic E-state index is 0.0913. The summed E-state index contributed by atoms with van der Waals surface area (Å²) in [5.74, 6) is 2.80. The molecular weight excluding hydrogens is 454 g/mol. The number of aryl methyl sites for hydroxylation is 1. The van der Waals surface area contributed by atoms with E-state index in [-0.39, 0.29) is 12.6 Å². The van der Waals surface area contributed by atoms with Gasteiger partial charge in [-0.25, -0.2) is 0 Å². The first-order chi connectivity index (χ1) is 16.5. The zero-order valence-electron chi connectivity index (χ0n) is 19.7. The third kappa shape index (κ3) is 4.39. The first-order valence-electron chi connectivity index (χ1n) is 11.5. The lowest BCUT2D eigenvalue weighted by atomic mass is 10.1. The molecule has 0 unspecified atom stereocenters. The Morgan fingerprint density at radius 3 is 2.65 bits per heavy atom. The molecule has 0 amide bonds. The number of ether oxygens (including phenoxy) is 3. The van der Waals surface area contributed by atoms with E-state index in [1.54, 1.807) is 0 Å². The number of Topliss-reactive ketones (excluding diaryl/α,β-unsaturated/α-hetero) is 1. The number of carbonyl (C=O) groups is 1. The highest BCUT2D eigenvalue weighted by Gasteiger charge is 2.22. The van der Waals surface area contributed by atoms with E-state index < -0.39 is 0 Å². The molecule has 1 saturated heterocycles. The van der Waals surface area contributed by atoms with Crippen molar-refractivity contribution in [1.29, 1.82) is 0 Å². The molecule has 0 atom stereocenters. The lowest BCUT2D eigenvalue weighted by Crippen LogP contribution is -2.38. The van der Waals surface area contributed by atoms with Crippen LogP contribution in [0.5, 0.6) is 11.5 Å². The van der Waals surface area contributed by atoms with Crippen molar-refractivity contribution in [3.05, 3.63) is 46.8 Å². The number of rotatable bonds is 8. The summed E-state index contributed by atoms with van der Waals surface area (Å²) in [6.07, 6.45) is 0. The Hall–Kier alpha value is -2.98. The molecule has 0 aliphatic carbocycles. The molecule has 0 saturated carbocycles. The Bertz CT molecular complexity index is 1200. The van der Waals surface area contributed by atoms with E-state index in [1.807, 2.05) is 38.1 Å². The zero-order valence-corrected chi connectivity index (χ0v) is 20.6. The van der Waals surface area contributed by atoms with Gasteiger partial charge in [0.05, 0.1) is 19.0 Å². The van der Waals surface area contributed by atoms with Crippen molar-refractivity contribution in [2.45, 2.75) is 39.0 Å². The summed E-state index contributed by atoms with van der Waals surface area (Å²) in [5, 5.41) is 9.54. The van der Waals surface area contributed by atoms with E-state index in [0.29, 0.717) is 25.5 Å². The van der Waals surface area contributed by atoms with E-state index >= 15 is 0 Å². The Labute approximate surface area is 203 Å². The molecule has 34 heavy (non-hydrogen) atoms. The molecule has 1 aromatic carbocycles. The molecule has 180 valence electrons. The van der Waals surface area contributed by atoms with Gasteiger partial charge in [0.2, 0.25) is 12.7 Å². The monoisotopic (exact) mass is 483 g/mol. The Balaban J connectivity index is 1.28. The summed E-state index contributed by atoms with van der Waals surface area (Å²) in [6.45, 7) is 10.8. The number of nitrogens with zero attached hydrogens (tertiary/aromatic N) is 5. The van der Waals surface area contributed by atoms with Crippen LogP contribution in [0.3, 0.4) is 0 Å². The molecule has 2 aliphatic rings. The fraction of sp³-hybridized carbons (Fsp3) is 0.458. The summed E-state index contributed by atoms with van der Waals surface area (Å²) in [4.78, 5) is 15.4. The van der Waals surface area contributed by atoms with Crippen LogP contribution in [0.4, 0.5) is 5.95 Å². The van der Waals surface area contributed by atoms with Crippen LogP contribution >= 0.6 is 11.8 Å². The molecule has 1 fully saturated rings. The number of aromatic nitrogens is 4. The van der Waals surface area contributed by atoms with Crippen molar-refractivity contribution in [3.63, 3.8) is 0 Å². The van der Waals surface area contributed by atoms with Gasteiger partial charge in [-0.2, -0.15) is 0 Å². The average molecular weight is 484 g/mol. The van der Waals surface area contributed by atoms with Gasteiger partial charge >= 0.3 is 0 Å². The molecule has 0 radical (unpaired) electrons. The van der Waals surface area contributed by atoms with Crippen LogP contribution in [0.2, 0.25) is 0 Å². The van der Waals surface area contributed by atoms with Crippen LogP contribution in [0.25, 0.3) is 0 Å². The maximum Gasteiger partial charge on any atom is 0.231 e. The maximum atomic E-state index is 13.2. The van der Waals surface area contributed by atoms with Gasteiger partial charge in [0.1, 0.15) is 0 Å². The van der Waals surface area contributed by atoms with E-state index in [2.05, 4.69) is 31.2 Å². The van der Waals surface area contributed by atoms with Crippen molar-refractivity contribution < 1.29 is 19.0 Å². The predicted octanol–water partition coefficient (Wildman–Crippen LogP) is 3.30. The highest BCUT2D eigenvalue weighted by Crippen LogP contribution is 2.33. The molecule has 2 aliphatic heterocycles. The fourth-order valence-corrected chi connectivity index (χ4v) is 5.30. The van der Waals surface area contributed by atoms with Crippen LogP contribution in [0, 0.1) is 13.8 Å². The SMILES string of the molecule is CCn1c(SCC(=O)c2cc(C)n(Cc3ccc4c(c3)OCO4)c2C)nnc1N1CCOCC1. The van der Waals surface area contributed by atoms with Gasteiger partial charge in [-0.1, -0.05) is 17.8 Å². The zero-order chi connectivity index (χ0) is 23.7. The van der Waals surface area contributed by atoms with Gasteiger partial charge in [-0.05, 0) is 44.5 Å². The van der Waals surface area contributed by atoms with E-state index in [9.17, 15) is 4.79 Å². The van der Waals surface area contributed by atoms with Crippen molar-refractivity contribution in [2.75, 3.05) is 43.7 Å². The molecule has 3 aromatic rings. The third-order valence-corrected chi connectivity index (χ3v) is 7.26. The summed E-state index contributed by atoms with van der Waals surface area (Å²) in [5.41, 5.74) is 3.87. The first kappa shape index (κ1) is 22.8. The smallest absolute Gasteiger partial charge is 0.231 e. The van der Waals surface area contributed by atoms with E-state index in [4.69, 9.17) is 14.2 Å². The van der Waals surface area contributed by atoms with Gasteiger partial charge in [-0.3, -0.25) is 9.36 Å². The molecule has 2 aromatic heterocycles. The second kappa shape index (κ2) is 9.71. The largest absolute Gasteiger partial charge is 0.454 e. The van der Waals surface area contributed by atoms with Gasteiger partial charge in [0, 0.05) is 43.1 Å². The number of morpholine rings is 1. The molecular formula is C24H29N5O4S. The topological polar surface area (TPSA) is 83.6 Å². The van der Waals surface area contributed by atoms with E-state index in [1.165, 1.54) is 11.8 Å². The molecule has 9 nitrogen and oxygen atoms in total. The number of ketones is 1. The van der Waals surface area contributed by atoms with Crippen molar-refractivity contribution in [1.82, 2.24) is 19.3 Å². The van der Waals surface area contributed by atoms with Crippen molar-refractivity contribution >= 4 is 23.5 Å². The number of hydrogen-bond acceptors (Lipinski definition) is 8. The fourth-order valence-electron chi connectivity index (χ4n) is 4.42. The predicted molar refractivity (Wildman–Crippen MR) is 129 cm³/mol. The number of fused-ring (bicyclic) bond motifs is 1. The second-order valence-corrected chi connectivity index (χ2v) is 9.34. The maximum absolute atomic E-state index is 13.2. The lowest BCUT2D eigenvalue weighted by Gasteiger charge is -2.27. The van der Waals surface area contributed by atoms with E-state index in [0.717, 1.165) is 64.8 Å². The molecule has 0 spiro atoms. The van der Waals surface area contributed by atoms with Crippen LogP contribution in [0.15, 0.2) is 29.4 Å². The second-order valence-electron chi connectivity index (χ2n) is 8.40. The Morgan fingerprint density at radius 2 is 1.85 bits per heavy atom. The average Bonchev–Trinajstić information content (AvgIpc) is 3.56. The molecule has 0 N–H and O–H groups in total. The number of anilines is 1. The number of carbonyl (C=O) groups excluding carboxylic acids is 1. The van der Waals surface area contributed by atoms with Crippen LogP contribution in [-0.2, 0) is 17.8 Å². The van der Waals surface area contributed by atoms with Gasteiger partial charge in [0.15, 0.2) is 22.4 Å². The van der Waals surface area contributed by atoms with Gasteiger partial charge in [0.25, 0.3) is 0 Å². The molecule has 0 bridgehead atoms. The van der Waals surface area contributed by atoms with Crippen LogP contribution in [-0.4, -0.2) is 64.0 Å². The standard InChI is InChI=1S/C24H29N5O4S/c1-4-28-23(27-7-9-31-10-8-27)25-26-24(28)34-14-20(30)19-11-16(2)29(17(19)3)13-18-5-6-21-22(12-18)33-15-32-21/h5-6,11-12H,4,7-10,13-15H2,1-3H3. The van der Waals surface area contributed by atoms with Gasteiger partial charge < -0.3 is 23.7 Å². The quantitative estimate of drug-likeness (QED) is 0.357. The minimum Gasteiger partial charge on any atom is -0.454 e.